The van der Waals surface area contributed by atoms with Gasteiger partial charge in [0.1, 0.15) is 24.0 Å². The summed E-state index contributed by atoms with van der Waals surface area (Å²) >= 11 is 0. The Kier molecular flexibility index (Phi) is 8.02. The van der Waals surface area contributed by atoms with Gasteiger partial charge in [-0.3, -0.25) is 0 Å². The fourth-order valence-corrected chi connectivity index (χ4v) is 4.36. The van der Waals surface area contributed by atoms with Crippen molar-refractivity contribution in [2.45, 2.75) is 26.0 Å². The van der Waals surface area contributed by atoms with E-state index in [1.807, 2.05) is 91.0 Å². The quantitative estimate of drug-likeness (QED) is 0.145. The van der Waals surface area contributed by atoms with Gasteiger partial charge >= 0.3 is 17.7 Å². The van der Waals surface area contributed by atoms with Gasteiger partial charge in [0, 0.05) is 17.4 Å². The molecule has 0 fully saturated rings. The third-order valence-corrected chi connectivity index (χ3v) is 6.47. The van der Waals surface area contributed by atoms with E-state index >= 15 is 0 Å². The lowest BCUT2D eigenvalue weighted by Gasteiger charge is -2.18. The number of nitrogens with one attached hydrogen (secondary N) is 1. The van der Waals surface area contributed by atoms with E-state index < -0.39 is 23.7 Å². The van der Waals surface area contributed by atoms with Crippen LogP contribution in [0.1, 0.15) is 16.7 Å². The highest BCUT2D eigenvalue weighted by atomic mass is 16.6. The lowest BCUT2D eigenvalue weighted by molar-refractivity contribution is -0.136. The highest BCUT2D eigenvalue weighted by molar-refractivity contribution is 5.88. The Morgan fingerprint density at radius 3 is 2.12 bits per heavy atom. The van der Waals surface area contributed by atoms with E-state index in [1.54, 1.807) is 25.1 Å². The molecule has 7 nitrogen and oxygen atoms in total. The Labute approximate surface area is 231 Å². The molecule has 7 heteroatoms. The largest absolute Gasteiger partial charge is 0.445 e. The second-order valence-electron chi connectivity index (χ2n) is 9.29. The minimum absolute atomic E-state index is 0.0631. The highest BCUT2D eigenvalue weighted by Gasteiger charge is 2.25. The minimum atomic E-state index is -1.02. The van der Waals surface area contributed by atoms with E-state index in [1.165, 1.54) is 0 Å². The van der Waals surface area contributed by atoms with E-state index in [0.717, 1.165) is 16.7 Å². The number of hydrogen-bond acceptors (Lipinski definition) is 6. The Morgan fingerprint density at radius 1 is 0.825 bits per heavy atom. The number of alkyl carbamates (subject to hydrolysis) is 1. The van der Waals surface area contributed by atoms with Crippen LogP contribution in [-0.2, 0) is 22.6 Å². The van der Waals surface area contributed by atoms with Crippen LogP contribution in [0.15, 0.2) is 118 Å². The summed E-state index contributed by atoms with van der Waals surface area (Å²) in [5.41, 5.74) is 3.18. The van der Waals surface area contributed by atoms with Gasteiger partial charge in [0.05, 0.1) is 5.56 Å². The van der Waals surface area contributed by atoms with Gasteiger partial charge in [-0.15, -0.1) is 0 Å². The van der Waals surface area contributed by atoms with E-state index in [0.29, 0.717) is 22.1 Å². The second kappa shape index (κ2) is 12.1. The molecular formula is C33H27NO6. The third-order valence-electron chi connectivity index (χ3n) is 6.47. The van der Waals surface area contributed by atoms with Crippen molar-refractivity contribution in [2.75, 3.05) is 0 Å². The van der Waals surface area contributed by atoms with E-state index in [2.05, 4.69) is 5.32 Å². The lowest BCUT2D eigenvalue weighted by atomic mass is 10.0. The van der Waals surface area contributed by atoms with Gasteiger partial charge in [0.15, 0.2) is 0 Å². The number of benzene rings is 4. The molecule has 1 aromatic heterocycles. The van der Waals surface area contributed by atoms with Crippen LogP contribution in [0.5, 0.6) is 5.75 Å². The molecular weight excluding hydrogens is 506 g/mol. The molecule has 0 spiro atoms. The number of carbonyl (C=O) groups is 2. The van der Waals surface area contributed by atoms with Gasteiger partial charge in [-0.05, 0) is 41.8 Å². The predicted octanol–water partition coefficient (Wildman–Crippen LogP) is 6.21. The van der Waals surface area contributed by atoms with Gasteiger partial charge in [0.2, 0.25) is 0 Å². The summed E-state index contributed by atoms with van der Waals surface area (Å²) in [7, 11) is 0. The molecule has 0 aliphatic carbocycles. The van der Waals surface area contributed by atoms with Gasteiger partial charge in [-0.1, -0.05) is 91.0 Å². The number of esters is 1. The molecule has 1 unspecified atom stereocenters. The summed E-state index contributed by atoms with van der Waals surface area (Å²) in [6, 6.07) is 31.9. The SMILES string of the molecule is Cc1c(OC(=O)C(Cc2ccccc2)NC(=O)OCc2ccccc2)ccc2cc(-c3ccccc3)c(=O)oc12. The maximum atomic E-state index is 13.3. The molecule has 40 heavy (non-hydrogen) atoms. The molecule has 0 aliphatic heterocycles. The van der Waals surface area contributed by atoms with Crippen LogP contribution in [0.3, 0.4) is 0 Å². The summed E-state index contributed by atoms with van der Waals surface area (Å²) in [4.78, 5) is 38.7. The van der Waals surface area contributed by atoms with Crippen molar-refractivity contribution < 1.29 is 23.5 Å². The topological polar surface area (TPSA) is 94.8 Å². The first kappa shape index (κ1) is 26.4. The van der Waals surface area contributed by atoms with E-state index in [4.69, 9.17) is 13.9 Å². The normalized spacial score (nSPS) is 11.5. The van der Waals surface area contributed by atoms with Crippen molar-refractivity contribution in [1.29, 1.82) is 0 Å². The summed E-state index contributed by atoms with van der Waals surface area (Å²) in [6.07, 6.45) is -0.543. The number of aryl methyl sites for hydroxylation is 1. The fourth-order valence-electron chi connectivity index (χ4n) is 4.36. The smallest absolute Gasteiger partial charge is 0.408 e. The molecule has 0 saturated heterocycles. The van der Waals surface area contributed by atoms with Crippen molar-refractivity contribution in [1.82, 2.24) is 5.32 Å². The highest BCUT2D eigenvalue weighted by Crippen LogP contribution is 2.29. The van der Waals surface area contributed by atoms with Crippen molar-refractivity contribution in [3.05, 3.63) is 136 Å². The summed E-state index contributed by atoms with van der Waals surface area (Å²) in [6.45, 7) is 1.78. The number of fused-ring (bicyclic) bond motifs is 1. The van der Waals surface area contributed by atoms with Gasteiger partial charge in [0.25, 0.3) is 0 Å². The molecule has 200 valence electrons. The third kappa shape index (κ3) is 6.27. The monoisotopic (exact) mass is 533 g/mol. The summed E-state index contributed by atoms with van der Waals surface area (Å²) in [5, 5.41) is 3.33. The molecule has 1 heterocycles. The first-order valence-corrected chi connectivity index (χ1v) is 12.8. The molecule has 4 aromatic carbocycles. The van der Waals surface area contributed by atoms with Crippen LogP contribution in [0.25, 0.3) is 22.1 Å². The Morgan fingerprint density at radius 2 is 1.45 bits per heavy atom. The van der Waals surface area contributed by atoms with E-state index in [-0.39, 0.29) is 18.8 Å². The maximum Gasteiger partial charge on any atom is 0.408 e. The molecule has 0 saturated carbocycles. The van der Waals surface area contributed by atoms with Crippen molar-refractivity contribution in [3.8, 4) is 16.9 Å². The maximum absolute atomic E-state index is 13.3. The Bertz CT molecular complexity index is 1680. The Balaban J connectivity index is 1.36. The predicted molar refractivity (Wildman–Crippen MR) is 152 cm³/mol. The zero-order valence-corrected chi connectivity index (χ0v) is 21.8. The average Bonchev–Trinajstić information content (AvgIpc) is 2.99. The molecule has 5 rings (SSSR count). The first-order valence-electron chi connectivity index (χ1n) is 12.8. The number of carbonyl (C=O) groups excluding carboxylic acids is 2. The van der Waals surface area contributed by atoms with Crippen LogP contribution in [0, 0.1) is 6.92 Å². The number of rotatable bonds is 8. The first-order chi connectivity index (χ1) is 19.5. The van der Waals surface area contributed by atoms with E-state index in [9.17, 15) is 14.4 Å². The van der Waals surface area contributed by atoms with Gasteiger partial charge < -0.3 is 19.2 Å². The van der Waals surface area contributed by atoms with Crippen LogP contribution in [-0.4, -0.2) is 18.1 Å². The van der Waals surface area contributed by atoms with Crippen LogP contribution < -0.4 is 15.7 Å². The van der Waals surface area contributed by atoms with Crippen molar-refractivity contribution >= 4 is 23.0 Å². The number of amides is 1. The van der Waals surface area contributed by atoms with Crippen LogP contribution in [0.2, 0.25) is 0 Å². The molecule has 0 aliphatic rings. The standard InChI is InChI=1S/C33H27NO6/c1-22-29(18-17-26-20-27(31(35)40-30(22)26)25-15-9-4-10-16-25)39-32(36)28(19-23-11-5-2-6-12-23)34-33(37)38-21-24-13-7-3-8-14-24/h2-18,20,28H,19,21H2,1H3,(H,34,37). The minimum Gasteiger partial charge on any atom is -0.445 e. The average molecular weight is 534 g/mol. The number of hydrogen-bond donors (Lipinski definition) is 1. The van der Waals surface area contributed by atoms with Crippen LogP contribution >= 0.6 is 0 Å². The van der Waals surface area contributed by atoms with Gasteiger partial charge in [-0.25, -0.2) is 14.4 Å². The molecule has 1 atom stereocenters. The second-order valence-corrected chi connectivity index (χ2v) is 9.29. The molecule has 0 radical (unpaired) electrons. The summed E-state index contributed by atoms with van der Waals surface area (Å²) < 4.78 is 16.7. The molecule has 1 amide bonds. The zero-order chi connectivity index (χ0) is 27.9. The molecule has 0 bridgehead atoms. The fraction of sp³-hybridized carbons (Fsp3) is 0.121. The van der Waals surface area contributed by atoms with Crippen LogP contribution in [0.4, 0.5) is 4.79 Å². The molecule has 5 aromatic rings. The van der Waals surface area contributed by atoms with Gasteiger partial charge in [-0.2, -0.15) is 0 Å². The molecule has 1 N–H and O–H groups in total. The summed E-state index contributed by atoms with van der Waals surface area (Å²) in [5.74, 6) is -0.447. The Hall–Kier alpha value is -5.17. The lowest BCUT2D eigenvalue weighted by Crippen LogP contribution is -2.44. The number of ether oxygens (including phenoxy) is 2. The van der Waals surface area contributed by atoms with Crippen molar-refractivity contribution in [3.63, 3.8) is 0 Å². The van der Waals surface area contributed by atoms with Crippen molar-refractivity contribution in [2.24, 2.45) is 0 Å². The zero-order valence-electron chi connectivity index (χ0n) is 21.8.